The quantitative estimate of drug-likeness (QED) is 0.882. The second-order valence-electron chi connectivity index (χ2n) is 5.32. The van der Waals surface area contributed by atoms with Gasteiger partial charge in [0.25, 0.3) is 11.8 Å². The lowest BCUT2D eigenvalue weighted by Gasteiger charge is -2.14. The number of carbonyl (C=O) groups is 2. The summed E-state index contributed by atoms with van der Waals surface area (Å²) in [6, 6.07) is 8.90. The summed E-state index contributed by atoms with van der Waals surface area (Å²) in [6.45, 7) is 1.78. The van der Waals surface area contributed by atoms with E-state index in [1.165, 1.54) is 0 Å². The van der Waals surface area contributed by atoms with Crippen molar-refractivity contribution in [3.63, 3.8) is 0 Å². The summed E-state index contributed by atoms with van der Waals surface area (Å²) in [5.41, 5.74) is 1.76. The minimum atomic E-state index is -0.278. The van der Waals surface area contributed by atoms with Crippen LogP contribution in [0.2, 0.25) is 0 Å². The minimum Gasteiger partial charge on any atom is -0.467 e. The normalized spacial score (nSPS) is 13.3. The van der Waals surface area contributed by atoms with Crippen molar-refractivity contribution in [3.8, 4) is 0 Å². The molecule has 0 aliphatic carbocycles. The van der Waals surface area contributed by atoms with Gasteiger partial charge in [0.05, 0.1) is 30.5 Å². The third-order valence-electron chi connectivity index (χ3n) is 3.83. The Morgan fingerprint density at radius 3 is 2.96 bits per heavy atom. The molecule has 1 aliphatic rings. The fourth-order valence-electron chi connectivity index (χ4n) is 2.67. The second-order valence-corrected chi connectivity index (χ2v) is 5.32. The zero-order valence-electron chi connectivity index (χ0n) is 12.9. The molecule has 2 heterocycles. The standard InChI is InChI=1S/C17H18N2O4/c1-22-9-7-19-11-12-4-2-6-14(15(12)17(19)21)16(20)18-10-13-5-3-8-23-13/h2-6,8H,7,9-11H2,1H3,(H,18,20). The van der Waals surface area contributed by atoms with Crippen LogP contribution in [0.1, 0.15) is 32.0 Å². The van der Waals surface area contributed by atoms with Crippen molar-refractivity contribution < 1.29 is 18.7 Å². The molecule has 1 aromatic carbocycles. The van der Waals surface area contributed by atoms with E-state index in [1.807, 2.05) is 6.07 Å². The smallest absolute Gasteiger partial charge is 0.255 e. The molecule has 2 amide bonds. The minimum absolute atomic E-state index is 0.124. The summed E-state index contributed by atoms with van der Waals surface area (Å²) >= 11 is 0. The Kier molecular flexibility index (Phi) is 4.43. The fourth-order valence-corrected chi connectivity index (χ4v) is 2.67. The lowest BCUT2D eigenvalue weighted by Crippen LogP contribution is -2.29. The molecule has 0 unspecified atom stereocenters. The third-order valence-corrected chi connectivity index (χ3v) is 3.83. The Hall–Kier alpha value is -2.60. The van der Waals surface area contributed by atoms with Gasteiger partial charge in [0, 0.05) is 20.2 Å². The predicted octanol–water partition coefficient (Wildman–Crippen LogP) is 1.81. The largest absolute Gasteiger partial charge is 0.467 e. The molecule has 1 N–H and O–H groups in total. The monoisotopic (exact) mass is 314 g/mol. The second kappa shape index (κ2) is 6.66. The van der Waals surface area contributed by atoms with Crippen LogP contribution in [0.3, 0.4) is 0 Å². The maximum Gasteiger partial charge on any atom is 0.255 e. The number of amides is 2. The maximum atomic E-state index is 12.5. The molecule has 1 aliphatic heterocycles. The van der Waals surface area contributed by atoms with Gasteiger partial charge in [-0.3, -0.25) is 9.59 Å². The summed E-state index contributed by atoms with van der Waals surface area (Å²) < 4.78 is 10.2. The van der Waals surface area contributed by atoms with E-state index >= 15 is 0 Å². The van der Waals surface area contributed by atoms with Gasteiger partial charge in [-0.25, -0.2) is 0 Å². The lowest BCUT2D eigenvalue weighted by molar-refractivity contribution is 0.0715. The van der Waals surface area contributed by atoms with Crippen LogP contribution in [0.4, 0.5) is 0 Å². The first kappa shape index (κ1) is 15.3. The van der Waals surface area contributed by atoms with E-state index in [1.54, 1.807) is 42.5 Å². The molecule has 0 atom stereocenters. The fraction of sp³-hybridized carbons (Fsp3) is 0.294. The van der Waals surface area contributed by atoms with Gasteiger partial charge in [-0.15, -0.1) is 0 Å². The molecule has 0 bridgehead atoms. The molecular formula is C17H18N2O4. The van der Waals surface area contributed by atoms with Gasteiger partial charge in [0.2, 0.25) is 0 Å². The molecule has 6 heteroatoms. The molecule has 0 radical (unpaired) electrons. The third kappa shape index (κ3) is 3.12. The Labute approximate surface area is 134 Å². The van der Waals surface area contributed by atoms with E-state index < -0.39 is 0 Å². The van der Waals surface area contributed by atoms with Gasteiger partial charge in [0.15, 0.2) is 0 Å². The van der Waals surface area contributed by atoms with Crippen molar-refractivity contribution in [2.45, 2.75) is 13.1 Å². The average Bonchev–Trinajstić information content (AvgIpc) is 3.19. The number of hydrogen-bond donors (Lipinski definition) is 1. The number of nitrogens with one attached hydrogen (secondary N) is 1. The summed E-state index contributed by atoms with van der Waals surface area (Å²) in [7, 11) is 1.60. The van der Waals surface area contributed by atoms with Crippen molar-refractivity contribution in [1.29, 1.82) is 0 Å². The number of hydrogen-bond acceptors (Lipinski definition) is 4. The number of ether oxygens (including phenoxy) is 1. The van der Waals surface area contributed by atoms with Crippen LogP contribution in [0.25, 0.3) is 0 Å². The van der Waals surface area contributed by atoms with E-state index in [0.29, 0.717) is 36.6 Å². The maximum absolute atomic E-state index is 12.5. The highest BCUT2D eigenvalue weighted by molar-refractivity contribution is 6.09. The van der Waals surface area contributed by atoms with Crippen molar-refractivity contribution in [2.24, 2.45) is 0 Å². The predicted molar refractivity (Wildman–Crippen MR) is 82.9 cm³/mol. The van der Waals surface area contributed by atoms with Gasteiger partial charge in [0.1, 0.15) is 5.76 Å². The highest BCUT2D eigenvalue weighted by atomic mass is 16.5. The molecule has 0 saturated heterocycles. The van der Waals surface area contributed by atoms with E-state index in [0.717, 1.165) is 5.56 Å². The number of furan rings is 1. The Balaban J connectivity index is 1.76. The molecule has 120 valence electrons. The van der Waals surface area contributed by atoms with Gasteiger partial charge in [-0.05, 0) is 23.8 Å². The molecule has 1 aromatic heterocycles. The molecule has 3 rings (SSSR count). The van der Waals surface area contributed by atoms with Gasteiger partial charge >= 0.3 is 0 Å². The first-order valence-electron chi connectivity index (χ1n) is 7.41. The van der Waals surface area contributed by atoms with Crippen molar-refractivity contribution in [2.75, 3.05) is 20.3 Å². The zero-order valence-corrected chi connectivity index (χ0v) is 12.9. The number of fused-ring (bicyclic) bond motifs is 1. The Bertz CT molecular complexity index is 709. The average molecular weight is 314 g/mol. The van der Waals surface area contributed by atoms with Crippen molar-refractivity contribution >= 4 is 11.8 Å². The van der Waals surface area contributed by atoms with E-state index in [-0.39, 0.29) is 18.4 Å². The molecule has 0 fully saturated rings. The van der Waals surface area contributed by atoms with Crippen LogP contribution in [0.5, 0.6) is 0 Å². The highest BCUT2D eigenvalue weighted by Crippen LogP contribution is 2.26. The molecule has 0 spiro atoms. The summed E-state index contributed by atoms with van der Waals surface area (Å²) in [5, 5.41) is 2.78. The number of carbonyl (C=O) groups excluding carboxylic acids is 2. The summed E-state index contributed by atoms with van der Waals surface area (Å²) in [6.07, 6.45) is 1.55. The van der Waals surface area contributed by atoms with Crippen LogP contribution >= 0.6 is 0 Å². The van der Waals surface area contributed by atoms with Crippen LogP contribution in [-0.2, 0) is 17.8 Å². The van der Waals surface area contributed by atoms with Gasteiger partial charge in [-0.1, -0.05) is 12.1 Å². The summed E-state index contributed by atoms with van der Waals surface area (Å²) in [5.74, 6) is 0.264. The SMILES string of the molecule is COCCN1Cc2cccc(C(=O)NCc3ccco3)c2C1=O. The number of benzene rings is 1. The van der Waals surface area contributed by atoms with E-state index in [4.69, 9.17) is 9.15 Å². The summed E-state index contributed by atoms with van der Waals surface area (Å²) in [4.78, 5) is 26.6. The molecule has 0 saturated carbocycles. The Morgan fingerprint density at radius 2 is 2.22 bits per heavy atom. The first-order chi connectivity index (χ1) is 11.2. The molecule has 23 heavy (non-hydrogen) atoms. The Morgan fingerprint density at radius 1 is 1.35 bits per heavy atom. The molecule has 6 nitrogen and oxygen atoms in total. The van der Waals surface area contributed by atoms with Gasteiger partial charge < -0.3 is 19.4 Å². The lowest BCUT2D eigenvalue weighted by atomic mass is 10.0. The number of rotatable bonds is 6. The van der Waals surface area contributed by atoms with Crippen molar-refractivity contribution in [3.05, 3.63) is 59.0 Å². The van der Waals surface area contributed by atoms with E-state index in [9.17, 15) is 9.59 Å². The topological polar surface area (TPSA) is 71.8 Å². The number of methoxy groups -OCH3 is 1. The van der Waals surface area contributed by atoms with Crippen molar-refractivity contribution in [1.82, 2.24) is 10.2 Å². The molecule has 2 aromatic rings. The molecular weight excluding hydrogens is 296 g/mol. The zero-order chi connectivity index (χ0) is 16.2. The highest BCUT2D eigenvalue weighted by Gasteiger charge is 2.31. The first-order valence-corrected chi connectivity index (χ1v) is 7.41. The van der Waals surface area contributed by atoms with Gasteiger partial charge in [-0.2, -0.15) is 0 Å². The van der Waals surface area contributed by atoms with E-state index in [2.05, 4.69) is 5.32 Å². The van der Waals surface area contributed by atoms with Crippen LogP contribution in [0.15, 0.2) is 41.0 Å². The van der Waals surface area contributed by atoms with Crippen LogP contribution in [-0.4, -0.2) is 37.0 Å². The van der Waals surface area contributed by atoms with Crippen LogP contribution < -0.4 is 5.32 Å². The number of nitrogens with zero attached hydrogens (tertiary/aromatic N) is 1. The van der Waals surface area contributed by atoms with Crippen LogP contribution in [0, 0.1) is 0 Å².